The van der Waals surface area contributed by atoms with Crippen LogP contribution in [0.25, 0.3) is 88.1 Å². The first-order chi connectivity index (χ1) is 23.7. The maximum absolute atomic E-state index is 4.27. The summed E-state index contributed by atoms with van der Waals surface area (Å²) in [6.07, 6.45) is 0. The summed E-state index contributed by atoms with van der Waals surface area (Å²) in [6, 6.07) is 57.4. The number of hydrogen-bond acceptors (Lipinski definition) is 0. The van der Waals surface area contributed by atoms with Crippen molar-refractivity contribution in [1.82, 2.24) is 13.7 Å². The smallest absolute Gasteiger partial charge is 0.0562 e. The number of benzene rings is 7. The van der Waals surface area contributed by atoms with Gasteiger partial charge in [0.1, 0.15) is 0 Å². The van der Waals surface area contributed by atoms with Gasteiger partial charge in [0, 0.05) is 49.4 Å². The third-order valence-corrected chi connectivity index (χ3v) is 9.99. The second-order valence-electron chi connectivity index (χ2n) is 12.8. The monoisotopic (exact) mass is 613 g/mol. The van der Waals surface area contributed by atoms with Gasteiger partial charge < -0.3 is 13.7 Å². The summed E-state index contributed by atoms with van der Waals surface area (Å²) < 4.78 is 7.24. The molecule has 3 aromatic heterocycles. The van der Waals surface area contributed by atoms with Crippen LogP contribution in [0.15, 0.2) is 164 Å². The van der Waals surface area contributed by atoms with Crippen molar-refractivity contribution in [3.63, 3.8) is 0 Å². The summed E-state index contributed by atoms with van der Waals surface area (Å²) in [5, 5.41) is 7.46. The average molecular weight is 614 g/mol. The molecule has 0 saturated heterocycles. The second kappa shape index (κ2) is 10.1. The molecule has 48 heavy (non-hydrogen) atoms. The lowest BCUT2D eigenvalue weighted by Crippen LogP contribution is -1.96. The topological polar surface area (TPSA) is 14.8 Å². The van der Waals surface area contributed by atoms with Gasteiger partial charge in [0.25, 0.3) is 0 Å². The van der Waals surface area contributed by atoms with Gasteiger partial charge in [-0.25, -0.2) is 0 Å². The molecule has 0 aliphatic carbocycles. The average Bonchev–Trinajstić information content (AvgIpc) is 3.76. The number of aromatic nitrogens is 3. The van der Waals surface area contributed by atoms with E-state index in [0.29, 0.717) is 0 Å². The molecule has 0 amide bonds. The molecular formula is C45H31N3. The van der Waals surface area contributed by atoms with Crippen molar-refractivity contribution >= 4 is 71.0 Å². The van der Waals surface area contributed by atoms with Crippen molar-refractivity contribution in [3.05, 3.63) is 170 Å². The maximum Gasteiger partial charge on any atom is 0.0562 e. The molecule has 0 fully saturated rings. The lowest BCUT2D eigenvalue weighted by molar-refractivity contribution is 1.16. The second-order valence-corrected chi connectivity index (χ2v) is 12.8. The molecule has 0 unspecified atom stereocenters. The summed E-state index contributed by atoms with van der Waals surface area (Å²) in [5.41, 5.74) is 12.9. The molecule has 0 spiro atoms. The van der Waals surface area contributed by atoms with Gasteiger partial charge in [-0.1, -0.05) is 91.0 Å². The lowest BCUT2D eigenvalue weighted by Gasteiger charge is -2.11. The molecule has 226 valence electrons. The molecule has 10 rings (SSSR count). The van der Waals surface area contributed by atoms with E-state index < -0.39 is 0 Å². The number of rotatable bonds is 4. The third-order valence-electron chi connectivity index (χ3n) is 9.99. The van der Waals surface area contributed by atoms with Crippen LogP contribution in [0.1, 0.15) is 12.5 Å². The summed E-state index contributed by atoms with van der Waals surface area (Å²) in [7, 11) is 0. The summed E-state index contributed by atoms with van der Waals surface area (Å²) in [5.74, 6) is 0. The predicted molar refractivity (Wildman–Crippen MR) is 204 cm³/mol. The van der Waals surface area contributed by atoms with E-state index in [-0.39, 0.29) is 0 Å². The minimum Gasteiger partial charge on any atom is -0.309 e. The van der Waals surface area contributed by atoms with Gasteiger partial charge in [-0.3, -0.25) is 0 Å². The third kappa shape index (κ3) is 3.76. The van der Waals surface area contributed by atoms with E-state index in [1.807, 2.05) is 0 Å². The number of fused-ring (bicyclic) bond motifs is 9. The molecule has 0 aliphatic rings. The summed E-state index contributed by atoms with van der Waals surface area (Å²) in [6.45, 7) is 6.35. The van der Waals surface area contributed by atoms with Crippen molar-refractivity contribution in [2.45, 2.75) is 6.92 Å². The van der Waals surface area contributed by atoms with E-state index in [2.05, 4.69) is 185 Å². The highest BCUT2D eigenvalue weighted by Gasteiger charge is 2.20. The highest BCUT2D eigenvalue weighted by Crippen LogP contribution is 2.41. The summed E-state index contributed by atoms with van der Waals surface area (Å²) in [4.78, 5) is 0. The van der Waals surface area contributed by atoms with Crippen LogP contribution in [0.5, 0.6) is 0 Å². The Balaban J connectivity index is 1.36. The van der Waals surface area contributed by atoms with Crippen LogP contribution >= 0.6 is 0 Å². The van der Waals surface area contributed by atoms with E-state index in [9.17, 15) is 0 Å². The zero-order valence-electron chi connectivity index (χ0n) is 26.6. The number of nitrogens with zero attached hydrogens (tertiary/aromatic N) is 3. The quantitative estimate of drug-likeness (QED) is 0.188. The van der Waals surface area contributed by atoms with Crippen molar-refractivity contribution in [1.29, 1.82) is 0 Å². The van der Waals surface area contributed by atoms with Crippen LogP contribution in [-0.2, 0) is 0 Å². The Kier molecular flexibility index (Phi) is 5.64. The molecule has 0 aliphatic heterocycles. The largest absolute Gasteiger partial charge is 0.309 e. The van der Waals surface area contributed by atoms with Crippen LogP contribution < -0.4 is 0 Å². The molecule has 3 heteroatoms. The Bertz CT molecular complexity index is 2850. The highest BCUT2D eigenvalue weighted by molar-refractivity contribution is 6.20. The normalized spacial score (nSPS) is 11.9. The van der Waals surface area contributed by atoms with Crippen molar-refractivity contribution < 1.29 is 0 Å². The fraction of sp³-hybridized carbons (Fsp3) is 0.0222. The van der Waals surface area contributed by atoms with Crippen molar-refractivity contribution in [2.24, 2.45) is 0 Å². The number of hydrogen-bond donors (Lipinski definition) is 0. The van der Waals surface area contributed by atoms with E-state index in [4.69, 9.17) is 0 Å². The van der Waals surface area contributed by atoms with Gasteiger partial charge in [0.15, 0.2) is 0 Å². The van der Waals surface area contributed by atoms with Gasteiger partial charge in [0.05, 0.1) is 33.1 Å². The molecule has 7 aromatic carbocycles. The predicted octanol–water partition coefficient (Wildman–Crippen LogP) is 12.0. The number of para-hydroxylation sites is 4. The Labute approximate surface area is 277 Å². The van der Waals surface area contributed by atoms with E-state index in [1.165, 1.54) is 65.4 Å². The minimum atomic E-state index is 1.06. The molecule has 0 N–H and O–H groups in total. The molecule has 0 atom stereocenters. The van der Waals surface area contributed by atoms with E-state index >= 15 is 0 Å². The number of allylic oxidation sites excluding steroid dienone is 1. The lowest BCUT2D eigenvalue weighted by atomic mass is 10.0. The van der Waals surface area contributed by atoms with Gasteiger partial charge in [0.2, 0.25) is 0 Å². The van der Waals surface area contributed by atoms with Crippen LogP contribution in [0.4, 0.5) is 0 Å². The van der Waals surface area contributed by atoms with Gasteiger partial charge in [-0.15, -0.1) is 0 Å². The van der Waals surface area contributed by atoms with Gasteiger partial charge in [-0.05, 0) is 91.3 Å². The van der Waals surface area contributed by atoms with Gasteiger partial charge >= 0.3 is 0 Å². The highest BCUT2D eigenvalue weighted by atomic mass is 15.0. The summed E-state index contributed by atoms with van der Waals surface area (Å²) >= 11 is 0. The van der Waals surface area contributed by atoms with Crippen molar-refractivity contribution in [2.75, 3.05) is 0 Å². The van der Waals surface area contributed by atoms with E-state index in [0.717, 1.165) is 28.2 Å². The van der Waals surface area contributed by atoms with E-state index in [1.54, 1.807) is 0 Å². The first-order valence-corrected chi connectivity index (χ1v) is 16.5. The molecule has 3 heterocycles. The zero-order valence-corrected chi connectivity index (χ0v) is 26.6. The van der Waals surface area contributed by atoms with Crippen LogP contribution in [0.2, 0.25) is 0 Å². The Morgan fingerprint density at radius 3 is 1.35 bits per heavy atom. The molecule has 3 nitrogen and oxygen atoms in total. The zero-order chi connectivity index (χ0) is 31.9. The first-order valence-electron chi connectivity index (χ1n) is 16.5. The van der Waals surface area contributed by atoms with Crippen molar-refractivity contribution in [3.8, 4) is 17.1 Å². The van der Waals surface area contributed by atoms with Crippen LogP contribution in [0.3, 0.4) is 0 Å². The molecule has 0 saturated carbocycles. The molecule has 0 bridgehead atoms. The Morgan fingerprint density at radius 2 is 0.792 bits per heavy atom. The Morgan fingerprint density at radius 1 is 0.354 bits per heavy atom. The molecular weight excluding hydrogens is 583 g/mol. The SMILES string of the molecule is C=C(C)c1ccc2c(c1)c1cc3c4cc(-n5c6ccccc6c6ccccc65)ccc4n(-c4ccccc4)c3cc1n2-c1ccccc1. The van der Waals surface area contributed by atoms with Gasteiger partial charge in [-0.2, -0.15) is 0 Å². The standard InChI is InChI=1S/C45H31N3/c1-29(2)30-21-23-42-36(25-30)38-27-39-37-26-33(48-40-19-11-9-17-34(40)35-18-10-12-20-41(35)48)22-24-43(37)47(32-15-7-4-8-16-32)45(39)28-44(38)46(42)31-13-5-3-6-14-31/h3-28H,1H2,2H3. The Hall–Kier alpha value is -6.32. The first kappa shape index (κ1) is 26.9. The fourth-order valence-electron chi connectivity index (χ4n) is 7.84. The molecule has 0 radical (unpaired) electrons. The minimum absolute atomic E-state index is 1.06. The molecule has 10 aromatic rings. The maximum atomic E-state index is 4.27. The van der Waals surface area contributed by atoms with Crippen LogP contribution in [0, 0.1) is 0 Å². The van der Waals surface area contributed by atoms with Crippen LogP contribution in [-0.4, -0.2) is 13.7 Å². The fourth-order valence-corrected chi connectivity index (χ4v) is 7.84.